The molecule has 3 rings (SSSR count). The molecule has 7 heteroatoms. The maximum atomic E-state index is 13.2. The van der Waals surface area contributed by atoms with Crippen LogP contribution in [0.2, 0.25) is 0 Å². The van der Waals surface area contributed by atoms with Crippen molar-refractivity contribution in [2.24, 2.45) is 0 Å². The van der Waals surface area contributed by atoms with Crippen molar-refractivity contribution in [2.75, 3.05) is 17.4 Å². The van der Waals surface area contributed by atoms with Gasteiger partial charge in [0.25, 0.3) is 10.0 Å². The van der Waals surface area contributed by atoms with E-state index in [1.54, 1.807) is 42.5 Å². The number of amides is 1. The minimum Gasteiger partial charge on any atom is -0.355 e. The summed E-state index contributed by atoms with van der Waals surface area (Å²) in [7, 11) is -3.88. The van der Waals surface area contributed by atoms with Crippen molar-refractivity contribution in [3.05, 3.63) is 94.5 Å². The number of halogens is 1. The molecule has 0 aliphatic heterocycles. The second-order valence-electron chi connectivity index (χ2n) is 7.24. The predicted octanol–water partition coefficient (Wildman–Crippen LogP) is 4.70. The van der Waals surface area contributed by atoms with Gasteiger partial charge in [-0.25, -0.2) is 8.42 Å². The minimum absolute atomic E-state index is 0.144. The number of benzene rings is 3. The Bertz CT molecular complexity index is 1120. The highest BCUT2D eigenvalue weighted by molar-refractivity contribution is 9.10. The Morgan fingerprint density at radius 3 is 2.35 bits per heavy atom. The van der Waals surface area contributed by atoms with Crippen molar-refractivity contribution < 1.29 is 13.2 Å². The molecule has 0 radical (unpaired) electrons. The van der Waals surface area contributed by atoms with Crippen LogP contribution in [0.15, 0.2) is 88.2 Å². The number of nitrogens with one attached hydrogen (secondary N) is 1. The zero-order valence-corrected chi connectivity index (χ0v) is 19.7. The Hall–Kier alpha value is -2.64. The lowest BCUT2D eigenvalue weighted by molar-refractivity contribution is -0.119. The van der Waals surface area contributed by atoms with Crippen LogP contribution in [0.4, 0.5) is 5.69 Å². The van der Waals surface area contributed by atoms with Crippen molar-refractivity contribution in [2.45, 2.75) is 24.7 Å². The van der Waals surface area contributed by atoms with Crippen LogP contribution in [-0.4, -0.2) is 27.4 Å². The Balaban J connectivity index is 1.68. The van der Waals surface area contributed by atoms with E-state index < -0.39 is 10.0 Å². The molecule has 0 heterocycles. The van der Waals surface area contributed by atoms with Gasteiger partial charge in [0, 0.05) is 11.0 Å². The highest BCUT2D eigenvalue weighted by Crippen LogP contribution is 2.25. The summed E-state index contributed by atoms with van der Waals surface area (Å²) >= 11 is 3.36. The number of rotatable bonds is 9. The van der Waals surface area contributed by atoms with Crippen LogP contribution in [0.1, 0.15) is 17.5 Å². The van der Waals surface area contributed by atoms with E-state index in [1.165, 1.54) is 23.3 Å². The van der Waals surface area contributed by atoms with Crippen molar-refractivity contribution >= 4 is 37.5 Å². The SMILES string of the molecule is Cc1cccc(CCCNC(=O)CN(c2ccc(Br)cc2)S(=O)(=O)c2ccccc2)c1. The summed E-state index contributed by atoms with van der Waals surface area (Å²) in [5.74, 6) is -0.341. The van der Waals surface area contributed by atoms with Crippen molar-refractivity contribution in [3.8, 4) is 0 Å². The Labute approximate surface area is 192 Å². The van der Waals surface area contributed by atoms with Crippen molar-refractivity contribution in [1.82, 2.24) is 5.32 Å². The third-order valence-electron chi connectivity index (χ3n) is 4.78. The molecule has 5 nitrogen and oxygen atoms in total. The van der Waals surface area contributed by atoms with Crippen LogP contribution in [0.3, 0.4) is 0 Å². The molecule has 1 N–H and O–H groups in total. The van der Waals surface area contributed by atoms with E-state index in [9.17, 15) is 13.2 Å². The summed E-state index contributed by atoms with van der Waals surface area (Å²) in [6.45, 7) is 2.24. The number of sulfonamides is 1. The Morgan fingerprint density at radius 1 is 0.968 bits per heavy atom. The van der Waals surface area contributed by atoms with Crippen LogP contribution >= 0.6 is 15.9 Å². The Kier molecular flexibility index (Phi) is 7.87. The van der Waals surface area contributed by atoms with Gasteiger partial charge in [0.15, 0.2) is 0 Å². The lowest BCUT2D eigenvalue weighted by atomic mass is 10.1. The van der Waals surface area contributed by atoms with Crippen LogP contribution in [0.5, 0.6) is 0 Å². The second kappa shape index (κ2) is 10.6. The first-order chi connectivity index (χ1) is 14.9. The van der Waals surface area contributed by atoms with E-state index >= 15 is 0 Å². The molecule has 0 aliphatic rings. The molecule has 3 aromatic rings. The summed E-state index contributed by atoms with van der Waals surface area (Å²) in [5, 5.41) is 2.85. The third kappa shape index (κ3) is 6.42. The molecule has 0 aromatic heterocycles. The maximum absolute atomic E-state index is 13.2. The molecule has 3 aromatic carbocycles. The first kappa shape index (κ1) is 23.0. The predicted molar refractivity (Wildman–Crippen MR) is 128 cm³/mol. The molecule has 0 unspecified atom stereocenters. The van der Waals surface area contributed by atoms with E-state index in [1.807, 2.05) is 6.07 Å². The molecular formula is C24H25BrN2O3S. The zero-order valence-electron chi connectivity index (χ0n) is 17.3. The fraction of sp³-hybridized carbons (Fsp3) is 0.208. The minimum atomic E-state index is -3.88. The smallest absolute Gasteiger partial charge is 0.264 e. The molecule has 0 aliphatic carbocycles. The van der Waals surface area contributed by atoms with Crippen molar-refractivity contribution in [3.63, 3.8) is 0 Å². The summed E-state index contributed by atoms with van der Waals surface area (Å²) in [4.78, 5) is 12.8. The van der Waals surface area contributed by atoms with Crippen LogP contribution in [-0.2, 0) is 21.2 Å². The molecule has 0 saturated heterocycles. The van der Waals surface area contributed by atoms with Crippen molar-refractivity contribution in [1.29, 1.82) is 0 Å². The average Bonchev–Trinajstić information content (AvgIpc) is 2.76. The van der Waals surface area contributed by atoms with E-state index in [4.69, 9.17) is 0 Å². The fourth-order valence-corrected chi connectivity index (χ4v) is 4.92. The zero-order chi connectivity index (χ0) is 22.3. The van der Waals surface area contributed by atoms with Gasteiger partial charge in [0.1, 0.15) is 6.54 Å². The molecule has 0 saturated carbocycles. The first-order valence-corrected chi connectivity index (χ1v) is 12.3. The van der Waals surface area contributed by atoms with Gasteiger partial charge < -0.3 is 5.32 Å². The molecule has 31 heavy (non-hydrogen) atoms. The largest absolute Gasteiger partial charge is 0.355 e. The molecular weight excluding hydrogens is 476 g/mol. The molecule has 0 bridgehead atoms. The summed E-state index contributed by atoms with van der Waals surface area (Å²) in [5.41, 5.74) is 2.86. The van der Waals surface area contributed by atoms with Gasteiger partial charge in [-0.2, -0.15) is 0 Å². The van der Waals surface area contributed by atoms with Gasteiger partial charge in [0.05, 0.1) is 10.6 Å². The monoisotopic (exact) mass is 500 g/mol. The third-order valence-corrected chi connectivity index (χ3v) is 7.10. The number of hydrogen-bond donors (Lipinski definition) is 1. The number of aryl methyl sites for hydroxylation is 2. The maximum Gasteiger partial charge on any atom is 0.264 e. The lowest BCUT2D eigenvalue weighted by Gasteiger charge is -2.24. The number of hydrogen-bond acceptors (Lipinski definition) is 3. The van der Waals surface area contributed by atoms with Gasteiger partial charge >= 0.3 is 0 Å². The molecule has 0 fully saturated rings. The highest BCUT2D eigenvalue weighted by Gasteiger charge is 2.26. The quantitative estimate of drug-likeness (QED) is 0.433. The van der Waals surface area contributed by atoms with Gasteiger partial charge in [-0.1, -0.05) is 64.0 Å². The van der Waals surface area contributed by atoms with E-state index in [-0.39, 0.29) is 17.3 Å². The second-order valence-corrected chi connectivity index (χ2v) is 10.0. The number of nitrogens with zero attached hydrogens (tertiary/aromatic N) is 1. The normalized spacial score (nSPS) is 11.2. The molecule has 162 valence electrons. The van der Waals surface area contributed by atoms with Gasteiger partial charge in [0.2, 0.25) is 5.91 Å². The average molecular weight is 501 g/mol. The molecule has 0 spiro atoms. The Morgan fingerprint density at radius 2 is 1.68 bits per heavy atom. The summed E-state index contributed by atoms with van der Waals surface area (Å²) in [6, 6.07) is 23.3. The fourth-order valence-electron chi connectivity index (χ4n) is 3.22. The van der Waals surface area contributed by atoms with E-state index in [2.05, 4.69) is 46.4 Å². The molecule has 1 amide bonds. The highest BCUT2D eigenvalue weighted by atomic mass is 79.9. The van der Waals surface area contributed by atoms with Crippen LogP contribution in [0.25, 0.3) is 0 Å². The standard InChI is InChI=1S/C24H25BrN2O3S/c1-19-7-5-8-20(17-19)9-6-16-26-24(28)18-27(22-14-12-21(25)13-15-22)31(29,30)23-10-3-2-4-11-23/h2-5,7-8,10-15,17H,6,9,16,18H2,1H3,(H,26,28). The lowest BCUT2D eigenvalue weighted by Crippen LogP contribution is -2.41. The van der Waals surface area contributed by atoms with E-state index in [0.29, 0.717) is 12.2 Å². The molecule has 0 atom stereocenters. The topological polar surface area (TPSA) is 66.5 Å². The van der Waals surface area contributed by atoms with Gasteiger partial charge in [-0.05, 0) is 61.7 Å². The first-order valence-electron chi connectivity index (χ1n) is 10.0. The van der Waals surface area contributed by atoms with E-state index in [0.717, 1.165) is 21.6 Å². The van der Waals surface area contributed by atoms with Crippen LogP contribution in [0, 0.1) is 6.92 Å². The number of anilines is 1. The summed E-state index contributed by atoms with van der Waals surface area (Å²) in [6.07, 6.45) is 1.62. The van der Waals surface area contributed by atoms with Gasteiger partial charge in [-0.15, -0.1) is 0 Å². The summed E-state index contributed by atoms with van der Waals surface area (Å²) < 4.78 is 28.4. The van der Waals surface area contributed by atoms with Gasteiger partial charge in [-0.3, -0.25) is 9.10 Å². The number of carbonyl (C=O) groups excluding carboxylic acids is 1. The number of carbonyl (C=O) groups is 1. The van der Waals surface area contributed by atoms with Crippen LogP contribution < -0.4 is 9.62 Å².